The fourth-order valence-electron chi connectivity index (χ4n) is 2.84. The molecule has 1 aromatic heterocycles. The van der Waals surface area contributed by atoms with E-state index < -0.39 is 10.0 Å². The highest BCUT2D eigenvalue weighted by Gasteiger charge is 2.24. The zero-order valence-electron chi connectivity index (χ0n) is 16.4. The maximum atomic E-state index is 12.4. The van der Waals surface area contributed by atoms with E-state index >= 15 is 0 Å². The van der Waals surface area contributed by atoms with Crippen LogP contribution >= 0.6 is 11.3 Å². The smallest absolute Gasteiger partial charge is 0.323 e. The molecule has 9 nitrogen and oxygen atoms in total. The van der Waals surface area contributed by atoms with Crippen LogP contribution in [0.2, 0.25) is 0 Å². The molecule has 156 valence electrons. The molecule has 1 aliphatic rings. The molecule has 0 saturated carbocycles. The van der Waals surface area contributed by atoms with Crippen LogP contribution in [0, 0.1) is 0 Å². The first kappa shape index (κ1) is 21.2. The van der Waals surface area contributed by atoms with Gasteiger partial charge in [0.05, 0.1) is 23.1 Å². The molecular formula is C18H23N5O4S2. The lowest BCUT2D eigenvalue weighted by molar-refractivity contribution is -0.121. The van der Waals surface area contributed by atoms with Gasteiger partial charge in [-0.1, -0.05) is 12.1 Å². The lowest BCUT2D eigenvalue weighted by atomic mass is 10.1. The molecule has 11 heteroatoms. The fraction of sp³-hybridized carbons (Fsp3) is 0.389. The number of benzene rings is 1. The number of sulfonamides is 1. The van der Waals surface area contributed by atoms with Crippen LogP contribution < -0.4 is 15.5 Å². The predicted octanol–water partition coefficient (Wildman–Crippen LogP) is 1.34. The Morgan fingerprint density at radius 2 is 2.03 bits per heavy atom. The number of hydrogen-bond donors (Lipinski definition) is 2. The third kappa shape index (κ3) is 4.74. The van der Waals surface area contributed by atoms with Crippen LogP contribution in [0.3, 0.4) is 0 Å². The lowest BCUT2D eigenvalue weighted by Gasteiger charge is -2.16. The van der Waals surface area contributed by atoms with Crippen molar-refractivity contribution >= 4 is 38.4 Å². The van der Waals surface area contributed by atoms with Gasteiger partial charge in [0.15, 0.2) is 5.13 Å². The monoisotopic (exact) mass is 437 g/mol. The van der Waals surface area contributed by atoms with Crippen molar-refractivity contribution in [2.24, 2.45) is 0 Å². The van der Waals surface area contributed by atoms with Crippen LogP contribution in [0.5, 0.6) is 0 Å². The summed E-state index contributed by atoms with van der Waals surface area (Å²) in [6.45, 7) is 2.98. The molecule has 1 fully saturated rings. The number of aromatic nitrogens is 1. The molecule has 1 atom stereocenters. The molecule has 2 N–H and O–H groups in total. The second kappa shape index (κ2) is 8.47. The number of thiazole rings is 1. The van der Waals surface area contributed by atoms with Gasteiger partial charge in [-0.25, -0.2) is 22.5 Å². The molecule has 0 spiro atoms. The van der Waals surface area contributed by atoms with Gasteiger partial charge < -0.3 is 10.6 Å². The molecular weight excluding hydrogens is 414 g/mol. The summed E-state index contributed by atoms with van der Waals surface area (Å²) in [6.07, 6.45) is 0.101. The van der Waals surface area contributed by atoms with E-state index in [0.29, 0.717) is 23.9 Å². The summed E-state index contributed by atoms with van der Waals surface area (Å²) in [7, 11) is -0.529. The quantitative estimate of drug-likeness (QED) is 0.679. The third-order valence-corrected chi connectivity index (χ3v) is 7.25. The first-order valence-corrected chi connectivity index (χ1v) is 11.3. The van der Waals surface area contributed by atoms with Gasteiger partial charge in [-0.05, 0) is 24.6 Å². The number of carbonyl (C=O) groups excluding carboxylic acids is 2. The maximum Gasteiger partial charge on any atom is 0.323 e. The fourth-order valence-corrected chi connectivity index (χ4v) is 4.59. The maximum absolute atomic E-state index is 12.4. The van der Waals surface area contributed by atoms with Crippen LogP contribution in [0.15, 0.2) is 34.5 Å². The highest BCUT2D eigenvalue weighted by molar-refractivity contribution is 7.89. The first-order valence-electron chi connectivity index (χ1n) is 9.00. The minimum atomic E-state index is -3.49. The zero-order valence-corrected chi connectivity index (χ0v) is 18.0. The molecule has 0 bridgehead atoms. The van der Waals surface area contributed by atoms with E-state index in [-0.39, 0.29) is 29.3 Å². The number of amides is 3. The molecule has 2 aromatic rings. The molecule has 29 heavy (non-hydrogen) atoms. The van der Waals surface area contributed by atoms with Crippen molar-refractivity contribution in [3.63, 3.8) is 0 Å². The summed E-state index contributed by atoms with van der Waals surface area (Å²) in [5.74, 6) is -0.204. The molecule has 1 unspecified atom stereocenters. The van der Waals surface area contributed by atoms with E-state index in [1.807, 2.05) is 6.92 Å². The second-order valence-electron chi connectivity index (χ2n) is 6.83. The number of nitrogens with zero attached hydrogens (tertiary/aromatic N) is 3. The highest BCUT2D eigenvalue weighted by atomic mass is 32.2. The van der Waals surface area contributed by atoms with Gasteiger partial charge in [-0.2, -0.15) is 0 Å². The lowest BCUT2D eigenvalue weighted by Crippen LogP contribution is -2.29. The van der Waals surface area contributed by atoms with E-state index in [1.165, 1.54) is 37.6 Å². The SMILES string of the molecule is CC(NC(=O)Cc1csc(N2CCNC2=O)n1)c1ccc(S(=O)(=O)N(C)C)cc1. The molecule has 3 rings (SSSR count). The topological polar surface area (TPSA) is 112 Å². The number of nitrogens with one attached hydrogen (secondary N) is 2. The number of carbonyl (C=O) groups is 2. The van der Waals surface area contributed by atoms with Crippen molar-refractivity contribution in [2.75, 3.05) is 32.1 Å². The Hall–Kier alpha value is -2.50. The highest BCUT2D eigenvalue weighted by Crippen LogP contribution is 2.23. The standard InChI is InChI=1S/C18H23N5O4S2/c1-12(13-4-6-15(7-5-13)29(26,27)22(2)3)20-16(24)10-14-11-28-18(21-14)23-9-8-19-17(23)25/h4-7,11-12H,8-10H2,1-3H3,(H,19,25)(H,20,24). The summed E-state index contributed by atoms with van der Waals surface area (Å²) >= 11 is 1.33. The van der Waals surface area contributed by atoms with Crippen LogP contribution in [-0.4, -0.2) is 56.8 Å². The van der Waals surface area contributed by atoms with Crippen LogP contribution in [-0.2, 0) is 21.2 Å². The number of urea groups is 1. The average Bonchev–Trinajstić information content (AvgIpc) is 3.30. The van der Waals surface area contributed by atoms with E-state index in [1.54, 1.807) is 22.4 Å². The molecule has 1 aliphatic heterocycles. The largest absolute Gasteiger partial charge is 0.349 e. The molecule has 0 aliphatic carbocycles. The van der Waals surface area contributed by atoms with Gasteiger partial charge in [0.1, 0.15) is 0 Å². The van der Waals surface area contributed by atoms with Gasteiger partial charge >= 0.3 is 6.03 Å². The Labute approximate surface area is 173 Å². The molecule has 1 saturated heterocycles. The van der Waals surface area contributed by atoms with Gasteiger partial charge in [0, 0.05) is 32.6 Å². The van der Waals surface area contributed by atoms with E-state index in [4.69, 9.17) is 0 Å². The summed E-state index contributed by atoms with van der Waals surface area (Å²) < 4.78 is 25.4. The van der Waals surface area contributed by atoms with Gasteiger partial charge in [-0.15, -0.1) is 11.3 Å². The van der Waals surface area contributed by atoms with Crippen molar-refractivity contribution in [3.8, 4) is 0 Å². The Morgan fingerprint density at radius 3 is 2.62 bits per heavy atom. The van der Waals surface area contributed by atoms with Crippen molar-refractivity contribution in [1.29, 1.82) is 0 Å². The van der Waals surface area contributed by atoms with Crippen molar-refractivity contribution in [1.82, 2.24) is 19.9 Å². The van der Waals surface area contributed by atoms with Crippen molar-refractivity contribution in [2.45, 2.75) is 24.3 Å². The summed E-state index contributed by atoms with van der Waals surface area (Å²) in [5.41, 5.74) is 1.39. The molecule has 1 aromatic carbocycles. The molecule has 3 amide bonds. The summed E-state index contributed by atoms with van der Waals surface area (Å²) in [5, 5.41) is 7.95. The second-order valence-corrected chi connectivity index (χ2v) is 9.82. The van der Waals surface area contributed by atoms with Crippen LogP contribution in [0.4, 0.5) is 9.93 Å². The Balaban J connectivity index is 1.59. The van der Waals surface area contributed by atoms with E-state index in [2.05, 4.69) is 15.6 Å². The minimum Gasteiger partial charge on any atom is -0.349 e. The Kier molecular flexibility index (Phi) is 6.20. The summed E-state index contributed by atoms with van der Waals surface area (Å²) in [6, 6.07) is 5.97. The van der Waals surface area contributed by atoms with Gasteiger partial charge in [0.2, 0.25) is 15.9 Å². The van der Waals surface area contributed by atoms with Gasteiger partial charge in [-0.3, -0.25) is 9.69 Å². The zero-order chi connectivity index (χ0) is 21.2. The van der Waals surface area contributed by atoms with Gasteiger partial charge in [0.25, 0.3) is 0 Å². The predicted molar refractivity (Wildman–Crippen MR) is 110 cm³/mol. The average molecular weight is 438 g/mol. The van der Waals surface area contributed by atoms with Crippen LogP contribution in [0.25, 0.3) is 0 Å². The van der Waals surface area contributed by atoms with Crippen LogP contribution in [0.1, 0.15) is 24.2 Å². The number of anilines is 1. The normalized spacial score (nSPS) is 15.4. The number of rotatable bonds is 7. The first-order chi connectivity index (χ1) is 13.7. The van der Waals surface area contributed by atoms with E-state index in [9.17, 15) is 18.0 Å². The van der Waals surface area contributed by atoms with E-state index in [0.717, 1.165) is 9.87 Å². The Bertz CT molecular complexity index is 1000. The Morgan fingerprint density at radius 1 is 1.34 bits per heavy atom. The third-order valence-electron chi connectivity index (χ3n) is 4.51. The van der Waals surface area contributed by atoms with Crippen molar-refractivity contribution < 1.29 is 18.0 Å². The van der Waals surface area contributed by atoms with Crippen molar-refractivity contribution in [3.05, 3.63) is 40.9 Å². The molecule has 2 heterocycles. The minimum absolute atomic E-state index is 0.101. The summed E-state index contributed by atoms with van der Waals surface area (Å²) in [4.78, 5) is 30.2. The number of hydrogen-bond acceptors (Lipinski definition) is 6. The molecule has 0 radical (unpaired) electrons.